The van der Waals surface area contributed by atoms with E-state index < -0.39 is 0 Å². The molecule has 0 bridgehead atoms. The maximum Gasteiger partial charge on any atom is 0.0206 e. The van der Waals surface area contributed by atoms with Gasteiger partial charge in [0.25, 0.3) is 0 Å². The fourth-order valence-electron chi connectivity index (χ4n) is 2.85. The van der Waals surface area contributed by atoms with Gasteiger partial charge in [0, 0.05) is 19.6 Å². The van der Waals surface area contributed by atoms with Gasteiger partial charge in [-0.3, -0.25) is 0 Å². The van der Waals surface area contributed by atoms with Crippen LogP contribution in [0.2, 0.25) is 0 Å². The Bertz CT molecular complexity index is 378. The quantitative estimate of drug-likeness (QED) is 0.774. The summed E-state index contributed by atoms with van der Waals surface area (Å²) in [6.45, 7) is 5.96. The largest absolute Gasteiger partial charge is 0.311 e. The van der Waals surface area contributed by atoms with Crippen LogP contribution in [0.5, 0.6) is 0 Å². The van der Waals surface area contributed by atoms with Gasteiger partial charge in [0.2, 0.25) is 0 Å². The predicted octanol–water partition coefficient (Wildman–Crippen LogP) is 2.75. The molecule has 0 radical (unpaired) electrons. The van der Waals surface area contributed by atoms with Crippen LogP contribution in [0, 0.1) is 0 Å². The van der Waals surface area contributed by atoms with Crippen LogP contribution in [0.3, 0.4) is 0 Å². The fourth-order valence-corrected chi connectivity index (χ4v) is 2.85. The summed E-state index contributed by atoms with van der Waals surface area (Å²) in [7, 11) is 0. The van der Waals surface area contributed by atoms with Crippen LogP contribution in [0.15, 0.2) is 24.3 Å². The first-order valence-corrected chi connectivity index (χ1v) is 7.44. The van der Waals surface area contributed by atoms with E-state index in [-0.39, 0.29) is 0 Å². The van der Waals surface area contributed by atoms with E-state index in [0.29, 0.717) is 0 Å². The molecule has 1 aliphatic heterocycles. The molecule has 0 spiro atoms. The molecule has 2 heteroatoms. The minimum absolute atomic E-state index is 0.870. The summed E-state index contributed by atoms with van der Waals surface area (Å²) < 4.78 is 0. The van der Waals surface area contributed by atoms with Crippen LogP contribution in [0.1, 0.15) is 42.7 Å². The van der Waals surface area contributed by atoms with Gasteiger partial charge in [-0.25, -0.2) is 0 Å². The molecular weight excluding hydrogens is 220 g/mol. The van der Waals surface area contributed by atoms with E-state index >= 15 is 0 Å². The minimum atomic E-state index is 0.870. The number of benzene rings is 1. The molecule has 1 aromatic rings. The van der Waals surface area contributed by atoms with Crippen LogP contribution in [0.4, 0.5) is 0 Å². The van der Waals surface area contributed by atoms with Crippen molar-refractivity contribution in [3.8, 4) is 0 Å². The molecule has 1 saturated heterocycles. The van der Waals surface area contributed by atoms with E-state index in [1.165, 1.54) is 50.9 Å². The van der Waals surface area contributed by atoms with Crippen LogP contribution in [-0.2, 0) is 6.54 Å². The van der Waals surface area contributed by atoms with Crippen molar-refractivity contribution in [3.05, 3.63) is 35.4 Å². The molecule has 2 fully saturated rings. The lowest BCUT2D eigenvalue weighted by Gasteiger charge is -2.14. The third-order valence-corrected chi connectivity index (χ3v) is 4.13. The third-order valence-electron chi connectivity index (χ3n) is 4.13. The van der Waals surface area contributed by atoms with Crippen molar-refractivity contribution in [1.29, 1.82) is 0 Å². The van der Waals surface area contributed by atoms with Gasteiger partial charge in [-0.2, -0.15) is 0 Å². The highest BCUT2D eigenvalue weighted by molar-refractivity contribution is 5.29. The summed E-state index contributed by atoms with van der Waals surface area (Å²) in [4.78, 5) is 2.56. The van der Waals surface area contributed by atoms with Gasteiger partial charge in [0.15, 0.2) is 0 Å². The summed E-state index contributed by atoms with van der Waals surface area (Å²) in [6.07, 6.45) is 5.57. The highest BCUT2D eigenvalue weighted by Gasteiger charge is 2.23. The lowest BCUT2D eigenvalue weighted by molar-refractivity contribution is 0.335. The van der Waals surface area contributed by atoms with Crippen molar-refractivity contribution in [2.24, 2.45) is 0 Å². The molecular formula is C16H24N2. The molecule has 0 aromatic heterocycles. The average Bonchev–Trinajstić information content (AvgIpc) is 3.13. The van der Waals surface area contributed by atoms with E-state index in [0.717, 1.165) is 19.0 Å². The van der Waals surface area contributed by atoms with Crippen LogP contribution in [-0.4, -0.2) is 31.1 Å². The summed E-state index contributed by atoms with van der Waals surface area (Å²) in [5.74, 6) is 0.870. The predicted molar refractivity (Wildman–Crippen MR) is 75.8 cm³/mol. The summed E-state index contributed by atoms with van der Waals surface area (Å²) in [6, 6.07) is 9.13. The number of rotatable bonds is 6. The molecule has 2 aliphatic rings. The van der Waals surface area contributed by atoms with Gasteiger partial charge < -0.3 is 10.2 Å². The summed E-state index contributed by atoms with van der Waals surface area (Å²) >= 11 is 0. The first kappa shape index (κ1) is 12.2. The number of hydrogen-bond acceptors (Lipinski definition) is 2. The molecule has 3 rings (SSSR count). The van der Waals surface area contributed by atoms with Crippen molar-refractivity contribution >= 4 is 0 Å². The SMILES string of the molecule is c1cc(CNCCN2CCCC2)cc(C2CC2)c1. The van der Waals surface area contributed by atoms with Crippen molar-refractivity contribution < 1.29 is 0 Å². The average molecular weight is 244 g/mol. The normalized spacial score (nSPS) is 20.4. The Balaban J connectivity index is 1.40. The van der Waals surface area contributed by atoms with Gasteiger partial charge in [-0.05, 0) is 55.8 Å². The maximum atomic E-state index is 3.57. The number of nitrogens with one attached hydrogen (secondary N) is 1. The van der Waals surface area contributed by atoms with E-state index in [4.69, 9.17) is 0 Å². The topological polar surface area (TPSA) is 15.3 Å². The van der Waals surface area contributed by atoms with Gasteiger partial charge in [-0.15, -0.1) is 0 Å². The zero-order valence-corrected chi connectivity index (χ0v) is 11.2. The summed E-state index contributed by atoms with van der Waals surface area (Å²) in [5.41, 5.74) is 3.00. The molecule has 2 nitrogen and oxygen atoms in total. The second-order valence-electron chi connectivity index (χ2n) is 5.74. The van der Waals surface area contributed by atoms with Crippen molar-refractivity contribution in [2.45, 2.75) is 38.1 Å². The van der Waals surface area contributed by atoms with E-state index in [2.05, 4.69) is 34.5 Å². The number of hydrogen-bond donors (Lipinski definition) is 1. The molecule has 0 unspecified atom stereocenters. The smallest absolute Gasteiger partial charge is 0.0206 e. The zero-order chi connectivity index (χ0) is 12.2. The first-order chi connectivity index (χ1) is 8.92. The monoisotopic (exact) mass is 244 g/mol. The van der Waals surface area contributed by atoms with E-state index in [1.54, 1.807) is 5.56 Å². The van der Waals surface area contributed by atoms with E-state index in [1.807, 2.05) is 0 Å². The second-order valence-corrected chi connectivity index (χ2v) is 5.74. The molecule has 0 amide bonds. The molecule has 1 heterocycles. The lowest BCUT2D eigenvalue weighted by Crippen LogP contribution is -2.29. The van der Waals surface area contributed by atoms with E-state index in [9.17, 15) is 0 Å². The molecule has 1 N–H and O–H groups in total. The molecule has 1 aromatic carbocycles. The molecule has 18 heavy (non-hydrogen) atoms. The van der Waals surface area contributed by atoms with Crippen molar-refractivity contribution in [3.63, 3.8) is 0 Å². The Labute approximate surface area is 110 Å². The Hall–Kier alpha value is -0.860. The van der Waals surface area contributed by atoms with Crippen molar-refractivity contribution in [2.75, 3.05) is 26.2 Å². The van der Waals surface area contributed by atoms with Crippen LogP contribution in [0.25, 0.3) is 0 Å². The second kappa shape index (κ2) is 5.85. The molecule has 1 saturated carbocycles. The standard InChI is InChI=1S/C16H24N2/c1-2-10-18(9-1)11-8-17-13-14-4-3-5-16(12-14)15-6-7-15/h3-5,12,15,17H,1-2,6-11,13H2. The highest BCUT2D eigenvalue weighted by atomic mass is 15.1. The fraction of sp³-hybridized carbons (Fsp3) is 0.625. The molecule has 98 valence electrons. The van der Waals surface area contributed by atoms with Gasteiger partial charge in [-0.1, -0.05) is 24.3 Å². The van der Waals surface area contributed by atoms with Crippen LogP contribution < -0.4 is 5.32 Å². The third kappa shape index (κ3) is 3.33. The Morgan fingerprint density at radius 3 is 2.78 bits per heavy atom. The highest BCUT2D eigenvalue weighted by Crippen LogP contribution is 2.40. The number of nitrogens with zero attached hydrogens (tertiary/aromatic N) is 1. The van der Waals surface area contributed by atoms with Crippen LogP contribution >= 0.6 is 0 Å². The van der Waals surface area contributed by atoms with Gasteiger partial charge in [0.05, 0.1) is 0 Å². The molecule has 0 atom stereocenters. The Kier molecular flexibility index (Phi) is 3.96. The first-order valence-electron chi connectivity index (χ1n) is 7.44. The lowest BCUT2D eigenvalue weighted by atomic mass is 10.1. The van der Waals surface area contributed by atoms with Gasteiger partial charge in [0.1, 0.15) is 0 Å². The zero-order valence-electron chi connectivity index (χ0n) is 11.2. The van der Waals surface area contributed by atoms with Gasteiger partial charge >= 0.3 is 0 Å². The summed E-state index contributed by atoms with van der Waals surface area (Å²) in [5, 5.41) is 3.57. The van der Waals surface area contributed by atoms with Crippen molar-refractivity contribution in [1.82, 2.24) is 10.2 Å². The number of likely N-dealkylation sites (tertiary alicyclic amines) is 1. The minimum Gasteiger partial charge on any atom is -0.311 e. The Morgan fingerprint density at radius 2 is 2.00 bits per heavy atom. The Morgan fingerprint density at radius 1 is 1.17 bits per heavy atom. The molecule has 1 aliphatic carbocycles. The maximum absolute atomic E-state index is 3.57.